The van der Waals surface area contributed by atoms with Crippen LogP contribution in [0.25, 0.3) is 0 Å². The largest absolute Gasteiger partial charge is 0.299 e. The molecular formula is C20H32O. The summed E-state index contributed by atoms with van der Waals surface area (Å²) in [6.07, 6.45) is 11.0. The highest BCUT2D eigenvalue weighted by Gasteiger charge is 2.47. The van der Waals surface area contributed by atoms with E-state index in [0.717, 1.165) is 36.5 Å². The van der Waals surface area contributed by atoms with Gasteiger partial charge in [0.25, 0.3) is 0 Å². The van der Waals surface area contributed by atoms with E-state index in [1.807, 2.05) is 6.92 Å². The van der Waals surface area contributed by atoms with Gasteiger partial charge >= 0.3 is 0 Å². The molecule has 118 valence electrons. The summed E-state index contributed by atoms with van der Waals surface area (Å²) < 4.78 is 0. The van der Waals surface area contributed by atoms with Crippen molar-refractivity contribution in [3.8, 4) is 0 Å². The van der Waals surface area contributed by atoms with Crippen LogP contribution < -0.4 is 0 Å². The van der Waals surface area contributed by atoms with Crippen molar-refractivity contribution in [3.63, 3.8) is 0 Å². The first-order valence-electron chi connectivity index (χ1n) is 8.22. The van der Waals surface area contributed by atoms with Gasteiger partial charge in [-0.25, -0.2) is 0 Å². The summed E-state index contributed by atoms with van der Waals surface area (Å²) in [6.45, 7) is 15.1. The standard InChI is InChI=1S/C10H16O.C10H16/c1-9(2)5-4-6-10(3)7-8-11;1-7-8-4-5-9(6-8)10(7,2)3/h5,7-8H,4,6H2,1-3H3;8-9H,1,4-6H2,2-3H3. The molecule has 2 fully saturated rings. The average Bonchev–Trinajstić information content (AvgIpc) is 2.94. The zero-order valence-electron chi connectivity index (χ0n) is 14.5. The molecule has 2 unspecified atom stereocenters. The van der Waals surface area contributed by atoms with Gasteiger partial charge in [0, 0.05) is 0 Å². The van der Waals surface area contributed by atoms with E-state index in [2.05, 4.69) is 40.3 Å². The Morgan fingerprint density at radius 1 is 1.29 bits per heavy atom. The van der Waals surface area contributed by atoms with Crippen LogP contribution in [0.3, 0.4) is 0 Å². The second kappa shape index (κ2) is 7.77. The topological polar surface area (TPSA) is 17.1 Å². The predicted octanol–water partition coefficient (Wildman–Crippen LogP) is 5.88. The minimum absolute atomic E-state index is 0.475. The fourth-order valence-electron chi connectivity index (χ4n) is 3.53. The molecule has 0 heterocycles. The number of hydrogen-bond donors (Lipinski definition) is 0. The third kappa shape index (κ3) is 4.98. The number of allylic oxidation sites excluding steroid dienone is 5. The van der Waals surface area contributed by atoms with Crippen molar-refractivity contribution in [1.82, 2.24) is 0 Å². The Hall–Kier alpha value is -1.11. The molecule has 0 aliphatic heterocycles. The lowest BCUT2D eigenvalue weighted by atomic mass is 9.73. The lowest BCUT2D eigenvalue weighted by Gasteiger charge is -2.31. The summed E-state index contributed by atoms with van der Waals surface area (Å²) in [6, 6.07) is 0. The minimum Gasteiger partial charge on any atom is -0.299 e. The molecule has 21 heavy (non-hydrogen) atoms. The maximum Gasteiger partial charge on any atom is 0.142 e. The summed E-state index contributed by atoms with van der Waals surface area (Å²) in [5.41, 5.74) is 4.49. The Balaban J connectivity index is 0.000000210. The summed E-state index contributed by atoms with van der Waals surface area (Å²) >= 11 is 0. The summed E-state index contributed by atoms with van der Waals surface area (Å²) in [5, 5.41) is 0. The second-order valence-electron chi connectivity index (χ2n) is 7.42. The zero-order valence-corrected chi connectivity index (χ0v) is 14.5. The molecule has 1 heteroatoms. The van der Waals surface area contributed by atoms with Crippen LogP contribution in [0.1, 0.15) is 66.7 Å². The first-order valence-corrected chi connectivity index (χ1v) is 8.22. The van der Waals surface area contributed by atoms with E-state index in [9.17, 15) is 4.79 Å². The Morgan fingerprint density at radius 3 is 2.33 bits per heavy atom. The van der Waals surface area contributed by atoms with Crippen LogP contribution in [-0.2, 0) is 4.79 Å². The third-order valence-corrected chi connectivity index (χ3v) is 5.22. The van der Waals surface area contributed by atoms with Gasteiger partial charge in [0.05, 0.1) is 0 Å². The average molecular weight is 288 g/mol. The molecule has 2 atom stereocenters. The number of fused-ring (bicyclic) bond motifs is 2. The highest BCUT2D eigenvalue weighted by Crippen LogP contribution is 2.58. The van der Waals surface area contributed by atoms with Crippen molar-refractivity contribution < 1.29 is 4.79 Å². The van der Waals surface area contributed by atoms with Gasteiger partial charge in [0.2, 0.25) is 0 Å². The van der Waals surface area contributed by atoms with E-state index < -0.39 is 0 Å². The fraction of sp³-hybridized carbons (Fsp3) is 0.650. The Labute approximate surface area is 131 Å². The molecule has 0 amide bonds. The fourth-order valence-corrected chi connectivity index (χ4v) is 3.53. The van der Waals surface area contributed by atoms with Crippen molar-refractivity contribution in [2.24, 2.45) is 17.3 Å². The zero-order chi connectivity index (χ0) is 16.0. The first-order chi connectivity index (χ1) is 9.78. The Morgan fingerprint density at radius 2 is 1.95 bits per heavy atom. The normalized spacial score (nSPS) is 26.1. The van der Waals surface area contributed by atoms with E-state index in [-0.39, 0.29) is 0 Å². The monoisotopic (exact) mass is 288 g/mol. The van der Waals surface area contributed by atoms with Crippen LogP contribution >= 0.6 is 0 Å². The van der Waals surface area contributed by atoms with Gasteiger partial charge in [-0.05, 0) is 76.2 Å². The van der Waals surface area contributed by atoms with Crippen LogP contribution in [0.5, 0.6) is 0 Å². The molecule has 0 spiro atoms. The van der Waals surface area contributed by atoms with Gasteiger partial charge in [0.1, 0.15) is 6.29 Å². The molecule has 0 radical (unpaired) electrons. The van der Waals surface area contributed by atoms with E-state index >= 15 is 0 Å². The summed E-state index contributed by atoms with van der Waals surface area (Å²) in [7, 11) is 0. The van der Waals surface area contributed by atoms with Crippen LogP contribution in [0, 0.1) is 17.3 Å². The van der Waals surface area contributed by atoms with Gasteiger partial charge < -0.3 is 0 Å². The molecule has 0 aromatic rings. The summed E-state index contributed by atoms with van der Waals surface area (Å²) in [4.78, 5) is 10.0. The van der Waals surface area contributed by atoms with E-state index in [4.69, 9.17) is 0 Å². The maximum atomic E-state index is 10.0. The molecule has 2 aliphatic carbocycles. The van der Waals surface area contributed by atoms with Gasteiger partial charge in [-0.1, -0.05) is 43.2 Å². The van der Waals surface area contributed by atoms with Gasteiger partial charge in [-0.2, -0.15) is 0 Å². The van der Waals surface area contributed by atoms with Gasteiger partial charge in [-0.15, -0.1) is 0 Å². The van der Waals surface area contributed by atoms with Crippen molar-refractivity contribution >= 4 is 6.29 Å². The molecule has 0 aromatic heterocycles. The lowest BCUT2D eigenvalue weighted by molar-refractivity contribution is -0.104. The molecule has 2 bridgehead atoms. The smallest absolute Gasteiger partial charge is 0.142 e. The number of carbonyl (C=O) groups excluding carboxylic acids is 1. The maximum absolute atomic E-state index is 10.0. The quantitative estimate of drug-likeness (QED) is 0.359. The molecule has 0 N–H and O–H groups in total. The van der Waals surface area contributed by atoms with E-state index in [1.165, 1.54) is 30.4 Å². The highest BCUT2D eigenvalue weighted by atomic mass is 16.1. The number of carbonyl (C=O) groups is 1. The van der Waals surface area contributed by atoms with Crippen molar-refractivity contribution in [3.05, 3.63) is 35.5 Å². The second-order valence-corrected chi connectivity index (χ2v) is 7.42. The Kier molecular flexibility index (Phi) is 6.64. The van der Waals surface area contributed by atoms with Crippen LogP contribution in [0.15, 0.2) is 35.5 Å². The number of aldehydes is 1. The number of hydrogen-bond acceptors (Lipinski definition) is 1. The molecule has 0 saturated heterocycles. The van der Waals surface area contributed by atoms with Gasteiger partial charge in [0.15, 0.2) is 0 Å². The number of rotatable bonds is 4. The molecular weight excluding hydrogens is 256 g/mol. The molecule has 2 saturated carbocycles. The first kappa shape index (κ1) is 17.9. The third-order valence-electron chi connectivity index (χ3n) is 5.22. The van der Waals surface area contributed by atoms with Crippen molar-refractivity contribution in [2.75, 3.05) is 0 Å². The minimum atomic E-state index is 0.475. The van der Waals surface area contributed by atoms with Crippen molar-refractivity contribution in [1.29, 1.82) is 0 Å². The molecule has 2 aliphatic rings. The van der Waals surface area contributed by atoms with Crippen LogP contribution in [0.4, 0.5) is 0 Å². The molecule has 1 nitrogen and oxygen atoms in total. The van der Waals surface area contributed by atoms with E-state index in [0.29, 0.717) is 5.41 Å². The van der Waals surface area contributed by atoms with E-state index in [1.54, 1.807) is 6.08 Å². The highest BCUT2D eigenvalue weighted by molar-refractivity contribution is 5.65. The molecule has 2 rings (SSSR count). The molecule has 0 aromatic carbocycles. The van der Waals surface area contributed by atoms with Crippen LogP contribution in [-0.4, -0.2) is 6.29 Å². The van der Waals surface area contributed by atoms with Crippen molar-refractivity contribution in [2.45, 2.75) is 66.7 Å². The lowest BCUT2D eigenvalue weighted by Crippen LogP contribution is -2.21. The predicted molar refractivity (Wildman–Crippen MR) is 92.2 cm³/mol. The van der Waals surface area contributed by atoms with Gasteiger partial charge in [-0.3, -0.25) is 4.79 Å². The SMILES string of the molecule is C=C1C2CCC(C2)C1(C)C.CC(C)=CCCC(C)=CC=O. The summed E-state index contributed by atoms with van der Waals surface area (Å²) in [5.74, 6) is 1.85. The van der Waals surface area contributed by atoms with Crippen LogP contribution in [0.2, 0.25) is 0 Å². The Bertz CT molecular complexity index is 433.